The molecule has 1 aliphatic carbocycles. The topological polar surface area (TPSA) is 64.3 Å². The Bertz CT molecular complexity index is 465. The Labute approximate surface area is 128 Å². The highest BCUT2D eigenvalue weighted by molar-refractivity contribution is 5.94. The first-order chi connectivity index (χ1) is 9.50. The second-order valence-electron chi connectivity index (χ2n) is 5.02. The molecule has 2 rings (SSSR count). The van der Waals surface area contributed by atoms with Crippen molar-refractivity contribution in [1.82, 2.24) is 5.32 Å². The van der Waals surface area contributed by atoms with E-state index < -0.39 is 24.9 Å². The highest BCUT2D eigenvalue weighted by atomic mass is 35.5. The smallest absolute Gasteiger partial charge is 0.277 e. The maximum Gasteiger partial charge on any atom is 0.277 e. The number of amides is 1. The van der Waals surface area contributed by atoms with Crippen LogP contribution in [0, 0.1) is 5.92 Å². The summed E-state index contributed by atoms with van der Waals surface area (Å²) in [6.07, 6.45) is 2.41. The SMILES string of the molecule is Cl.NCC(F)(F)CNC(=O)c1ccc(OCC2CC2)cc1. The van der Waals surface area contributed by atoms with Crippen molar-refractivity contribution in [3.8, 4) is 5.75 Å². The zero-order chi connectivity index (χ0) is 14.6. The van der Waals surface area contributed by atoms with E-state index in [1.165, 1.54) is 12.8 Å². The first-order valence-electron chi connectivity index (χ1n) is 6.59. The summed E-state index contributed by atoms with van der Waals surface area (Å²) in [5, 5.41) is 2.16. The lowest BCUT2D eigenvalue weighted by atomic mass is 10.2. The van der Waals surface area contributed by atoms with E-state index in [2.05, 4.69) is 5.32 Å². The third kappa shape index (κ3) is 5.85. The summed E-state index contributed by atoms with van der Waals surface area (Å²) in [5.41, 5.74) is 5.21. The third-order valence-electron chi connectivity index (χ3n) is 3.11. The lowest BCUT2D eigenvalue weighted by molar-refractivity contribution is 0.0118. The second-order valence-corrected chi connectivity index (χ2v) is 5.02. The second kappa shape index (κ2) is 7.56. The van der Waals surface area contributed by atoms with Crippen molar-refractivity contribution in [2.24, 2.45) is 11.7 Å². The van der Waals surface area contributed by atoms with Crippen LogP contribution in [0.2, 0.25) is 0 Å². The summed E-state index contributed by atoms with van der Waals surface area (Å²) < 4.78 is 31.4. The number of rotatable bonds is 7. The van der Waals surface area contributed by atoms with Gasteiger partial charge in [-0.05, 0) is 43.0 Å². The van der Waals surface area contributed by atoms with E-state index in [1.54, 1.807) is 24.3 Å². The fourth-order valence-electron chi connectivity index (χ4n) is 1.58. The molecule has 118 valence electrons. The van der Waals surface area contributed by atoms with Crippen molar-refractivity contribution in [3.05, 3.63) is 29.8 Å². The predicted octanol–water partition coefficient (Wildman–Crippen LogP) is 2.22. The molecule has 21 heavy (non-hydrogen) atoms. The van der Waals surface area contributed by atoms with E-state index in [9.17, 15) is 13.6 Å². The van der Waals surface area contributed by atoms with Gasteiger partial charge in [-0.15, -0.1) is 12.4 Å². The van der Waals surface area contributed by atoms with Crippen molar-refractivity contribution in [1.29, 1.82) is 0 Å². The molecule has 1 amide bonds. The lowest BCUT2D eigenvalue weighted by Crippen LogP contribution is -2.41. The number of nitrogens with one attached hydrogen (secondary N) is 1. The van der Waals surface area contributed by atoms with Gasteiger partial charge in [-0.1, -0.05) is 0 Å². The van der Waals surface area contributed by atoms with Gasteiger partial charge in [-0.25, -0.2) is 8.78 Å². The van der Waals surface area contributed by atoms with Crippen LogP contribution in [-0.2, 0) is 0 Å². The van der Waals surface area contributed by atoms with Crippen LogP contribution in [0.4, 0.5) is 8.78 Å². The van der Waals surface area contributed by atoms with Gasteiger partial charge in [0, 0.05) is 5.56 Å². The zero-order valence-corrected chi connectivity index (χ0v) is 12.3. The Morgan fingerprint density at radius 3 is 2.48 bits per heavy atom. The Balaban J connectivity index is 0.00000220. The molecule has 1 saturated carbocycles. The van der Waals surface area contributed by atoms with E-state index in [-0.39, 0.29) is 12.4 Å². The molecule has 0 heterocycles. The standard InChI is InChI=1S/C14H18F2N2O2.ClH/c15-14(16,8-17)9-18-13(19)11-3-5-12(6-4-11)20-7-10-1-2-10;/h3-6,10H,1-2,7-9,17H2,(H,18,19);1H. The molecule has 0 aliphatic heterocycles. The largest absolute Gasteiger partial charge is 0.493 e. The van der Waals surface area contributed by atoms with Crippen LogP contribution in [0.3, 0.4) is 0 Å². The fourth-order valence-corrected chi connectivity index (χ4v) is 1.58. The monoisotopic (exact) mass is 320 g/mol. The number of carbonyl (C=O) groups is 1. The number of carbonyl (C=O) groups excluding carboxylic acids is 1. The molecule has 0 saturated heterocycles. The van der Waals surface area contributed by atoms with E-state index in [0.29, 0.717) is 23.8 Å². The van der Waals surface area contributed by atoms with Crippen LogP contribution in [0.15, 0.2) is 24.3 Å². The Hall–Kier alpha value is -1.40. The van der Waals surface area contributed by atoms with Gasteiger partial charge in [-0.3, -0.25) is 4.79 Å². The average Bonchev–Trinajstić information content (AvgIpc) is 3.27. The Morgan fingerprint density at radius 1 is 1.33 bits per heavy atom. The maximum absolute atomic E-state index is 12.9. The Kier molecular flexibility index (Phi) is 6.36. The van der Waals surface area contributed by atoms with Crippen molar-refractivity contribution in [3.63, 3.8) is 0 Å². The quantitative estimate of drug-likeness (QED) is 0.809. The number of halogens is 3. The molecule has 4 nitrogen and oxygen atoms in total. The molecular formula is C14H19ClF2N2O2. The minimum atomic E-state index is -3.08. The minimum absolute atomic E-state index is 0. The van der Waals surface area contributed by atoms with Gasteiger partial charge < -0.3 is 15.8 Å². The number of benzene rings is 1. The van der Waals surface area contributed by atoms with Crippen molar-refractivity contribution < 1.29 is 18.3 Å². The van der Waals surface area contributed by atoms with Crippen LogP contribution < -0.4 is 15.8 Å². The summed E-state index contributed by atoms with van der Waals surface area (Å²) in [5.74, 6) is -2.30. The molecule has 0 bridgehead atoms. The van der Waals surface area contributed by atoms with Crippen LogP contribution in [0.25, 0.3) is 0 Å². The van der Waals surface area contributed by atoms with Crippen molar-refractivity contribution in [2.75, 3.05) is 19.7 Å². The zero-order valence-electron chi connectivity index (χ0n) is 11.5. The van der Waals surface area contributed by atoms with E-state index in [0.717, 1.165) is 0 Å². The van der Waals surface area contributed by atoms with Crippen LogP contribution in [0.5, 0.6) is 5.75 Å². The molecular weight excluding hydrogens is 302 g/mol. The maximum atomic E-state index is 12.9. The normalized spacial score (nSPS) is 14.2. The van der Waals surface area contributed by atoms with Crippen LogP contribution >= 0.6 is 12.4 Å². The number of ether oxygens (including phenoxy) is 1. The van der Waals surface area contributed by atoms with E-state index >= 15 is 0 Å². The first kappa shape index (κ1) is 17.7. The number of alkyl halides is 2. The first-order valence-corrected chi connectivity index (χ1v) is 6.59. The third-order valence-corrected chi connectivity index (χ3v) is 3.11. The molecule has 1 fully saturated rings. The molecule has 0 radical (unpaired) electrons. The molecule has 0 atom stereocenters. The van der Waals surface area contributed by atoms with Gasteiger partial charge in [0.05, 0.1) is 19.7 Å². The predicted molar refractivity (Wildman–Crippen MR) is 78.2 cm³/mol. The highest BCUT2D eigenvalue weighted by Gasteiger charge is 2.27. The highest BCUT2D eigenvalue weighted by Crippen LogP contribution is 2.29. The molecule has 0 aromatic heterocycles. The van der Waals surface area contributed by atoms with Gasteiger partial charge in [-0.2, -0.15) is 0 Å². The Morgan fingerprint density at radius 2 is 1.95 bits per heavy atom. The molecule has 0 spiro atoms. The minimum Gasteiger partial charge on any atom is -0.493 e. The van der Waals surface area contributed by atoms with E-state index in [4.69, 9.17) is 10.5 Å². The van der Waals surface area contributed by atoms with Crippen molar-refractivity contribution in [2.45, 2.75) is 18.8 Å². The number of hydrogen-bond acceptors (Lipinski definition) is 3. The lowest BCUT2D eigenvalue weighted by Gasteiger charge is -2.14. The van der Waals surface area contributed by atoms with Crippen LogP contribution in [-0.4, -0.2) is 31.5 Å². The molecule has 1 aromatic carbocycles. The van der Waals surface area contributed by atoms with Gasteiger partial charge >= 0.3 is 0 Å². The van der Waals surface area contributed by atoms with Crippen LogP contribution in [0.1, 0.15) is 23.2 Å². The van der Waals surface area contributed by atoms with Gasteiger partial charge in [0.2, 0.25) is 0 Å². The van der Waals surface area contributed by atoms with Gasteiger partial charge in [0.25, 0.3) is 11.8 Å². The molecule has 1 aliphatic rings. The fraction of sp³-hybridized carbons (Fsp3) is 0.500. The summed E-state index contributed by atoms with van der Waals surface area (Å²) in [6.45, 7) is -0.863. The molecule has 3 N–H and O–H groups in total. The summed E-state index contributed by atoms with van der Waals surface area (Å²) >= 11 is 0. The molecule has 1 aromatic rings. The number of hydrogen-bond donors (Lipinski definition) is 2. The summed E-state index contributed by atoms with van der Waals surface area (Å²) in [6, 6.07) is 6.44. The number of nitrogens with two attached hydrogens (primary N) is 1. The van der Waals surface area contributed by atoms with E-state index in [1.807, 2.05) is 0 Å². The van der Waals surface area contributed by atoms with Crippen molar-refractivity contribution >= 4 is 18.3 Å². The molecule has 0 unspecified atom stereocenters. The summed E-state index contributed by atoms with van der Waals surface area (Å²) in [7, 11) is 0. The van der Waals surface area contributed by atoms with Gasteiger partial charge in [0.15, 0.2) is 0 Å². The summed E-state index contributed by atoms with van der Waals surface area (Å²) in [4.78, 5) is 11.7. The van der Waals surface area contributed by atoms with Gasteiger partial charge in [0.1, 0.15) is 5.75 Å². The molecule has 7 heteroatoms. The average molecular weight is 321 g/mol.